The molecule has 0 amide bonds. The molecule has 0 saturated heterocycles. The van der Waals surface area contributed by atoms with Crippen LogP contribution in [0.15, 0.2) is 42.5 Å². The van der Waals surface area contributed by atoms with Crippen molar-refractivity contribution in [2.75, 3.05) is 39.6 Å². The fraction of sp³-hybridized carbons (Fsp3) is 0.316. The zero-order valence-corrected chi connectivity index (χ0v) is 16.7. The van der Waals surface area contributed by atoms with Gasteiger partial charge in [-0.1, -0.05) is 47.5 Å². The number of likely N-dealkylation sites (N-methyl/N-ethyl adjacent to an activating group) is 1. The minimum Gasteiger partial charge on any atom is -0.481 e. The van der Waals surface area contributed by atoms with Crippen LogP contribution in [-0.2, 0) is 11.2 Å². The van der Waals surface area contributed by atoms with Gasteiger partial charge in [0.1, 0.15) is 6.54 Å². The molecule has 2 aromatic carbocycles. The van der Waals surface area contributed by atoms with E-state index in [1.807, 2.05) is 6.07 Å². The maximum atomic E-state index is 10.8. The number of aliphatic carboxylic acids is 1. The molecule has 5 nitrogen and oxygen atoms in total. The predicted octanol–water partition coefficient (Wildman–Crippen LogP) is 4.05. The third kappa shape index (κ3) is 8.06. The van der Waals surface area contributed by atoms with Crippen molar-refractivity contribution >= 4 is 40.5 Å². The number of carboxylic acids is 1. The molecule has 0 atom stereocenters. The van der Waals surface area contributed by atoms with Gasteiger partial charge in [-0.3, -0.25) is 4.79 Å². The molecule has 0 heterocycles. The third-order valence-corrected chi connectivity index (χ3v) is 3.98. The number of para-hydroxylation sites is 2. The smallest absolute Gasteiger partial charge is 0.307 e. The summed E-state index contributed by atoms with van der Waals surface area (Å²) in [5, 5.41) is 21.3. The molecule has 0 spiro atoms. The molecule has 3 N–H and O–H groups in total. The quantitative estimate of drug-likeness (QED) is 0.640. The summed E-state index contributed by atoms with van der Waals surface area (Å²) in [5.41, 5.74) is 1.93. The van der Waals surface area contributed by atoms with Crippen LogP contribution in [0.1, 0.15) is 5.56 Å². The lowest BCUT2D eigenvalue weighted by Gasteiger charge is -2.21. The Morgan fingerprint density at radius 1 is 1.04 bits per heavy atom. The summed E-state index contributed by atoms with van der Waals surface area (Å²) in [7, 11) is 6.16. The van der Waals surface area contributed by atoms with Gasteiger partial charge in [-0.25, -0.2) is 0 Å². The molecule has 0 aliphatic carbocycles. The number of quaternary nitrogens is 1. The van der Waals surface area contributed by atoms with Crippen LogP contribution >= 0.6 is 23.2 Å². The maximum Gasteiger partial charge on any atom is 0.307 e. The number of carboxylic acid groups (broad SMARTS) is 1. The number of anilines is 2. The van der Waals surface area contributed by atoms with Gasteiger partial charge < -0.3 is 20.0 Å². The monoisotopic (exact) mass is 399 g/mol. The molecule has 0 bridgehead atoms. The second kappa shape index (κ2) is 10.4. The van der Waals surface area contributed by atoms with E-state index in [1.54, 1.807) is 36.4 Å². The Morgan fingerprint density at radius 2 is 1.62 bits per heavy atom. The van der Waals surface area contributed by atoms with Crippen molar-refractivity contribution in [2.45, 2.75) is 6.42 Å². The average Bonchev–Trinajstić information content (AvgIpc) is 2.51. The van der Waals surface area contributed by atoms with Gasteiger partial charge in [-0.2, -0.15) is 0 Å². The topological polar surface area (TPSA) is 69.6 Å². The number of aliphatic hydroxyl groups excluding tert-OH is 1. The van der Waals surface area contributed by atoms with Crippen molar-refractivity contribution < 1.29 is 19.5 Å². The van der Waals surface area contributed by atoms with Crippen LogP contribution in [0, 0.1) is 0 Å². The highest BCUT2D eigenvalue weighted by molar-refractivity contribution is 6.39. The number of carbonyl (C=O) groups is 1. The lowest BCUT2D eigenvalue weighted by atomic mass is 10.1. The first kappa shape index (κ1) is 22.3. The second-order valence-electron chi connectivity index (χ2n) is 6.69. The van der Waals surface area contributed by atoms with Gasteiger partial charge in [0.2, 0.25) is 0 Å². The first-order chi connectivity index (χ1) is 12.1. The molecular weight excluding hydrogens is 375 g/mol. The summed E-state index contributed by atoms with van der Waals surface area (Å²) in [4.78, 5) is 10.8. The van der Waals surface area contributed by atoms with Crippen LogP contribution in [0.4, 0.5) is 11.4 Å². The van der Waals surface area contributed by atoms with E-state index in [1.165, 1.54) is 0 Å². The standard InChI is InChI=1S/C14H11Cl2NO2.C5H14NO/c15-10-5-3-6-11(16)14(10)17-12-7-2-1-4-9(12)8-13(18)19;1-6(2,3)4-5-7/h1-7,17H,8H2,(H,18,19);7H,4-5H2,1-3H3/q;+1. The zero-order chi connectivity index (χ0) is 19.7. The minimum absolute atomic E-state index is 0.0642. The predicted molar refractivity (Wildman–Crippen MR) is 108 cm³/mol. The van der Waals surface area contributed by atoms with Crippen molar-refractivity contribution in [3.05, 3.63) is 58.1 Å². The van der Waals surface area contributed by atoms with E-state index >= 15 is 0 Å². The maximum absolute atomic E-state index is 10.8. The molecule has 2 rings (SSSR count). The first-order valence-electron chi connectivity index (χ1n) is 8.06. The molecule has 0 saturated carbocycles. The molecule has 142 valence electrons. The highest BCUT2D eigenvalue weighted by atomic mass is 35.5. The highest BCUT2D eigenvalue weighted by Crippen LogP contribution is 2.33. The van der Waals surface area contributed by atoms with Gasteiger partial charge in [0.05, 0.1) is 49.9 Å². The summed E-state index contributed by atoms with van der Waals surface area (Å²) < 4.78 is 0.844. The Kier molecular flexibility index (Phi) is 8.88. The van der Waals surface area contributed by atoms with Crippen molar-refractivity contribution in [3.63, 3.8) is 0 Å². The number of hydrogen-bond acceptors (Lipinski definition) is 3. The van der Waals surface area contributed by atoms with Crippen molar-refractivity contribution in [1.29, 1.82) is 0 Å². The van der Waals surface area contributed by atoms with Gasteiger partial charge in [-0.15, -0.1) is 0 Å². The van der Waals surface area contributed by atoms with E-state index < -0.39 is 5.97 Å². The summed E-state index contributed by atoms with van der Waals surface area (Å²) in [6.07, 6.45) is -0.0642. The Morgan fingerprint density at radius 3 is 2.08 bits per heavy atom. The van der Waals surface area contributed by atoms with Gasteiger partial charge in [0, 0.05) is 5.69 Å². The molecule has 2 aromatic rings. The van der Waals surface area contributed by atoms with Crippen LogP contribution in [0.25, 0.3) is 0 Å². The molecule has 7 heteroatoms. The van der Waals surface area contributed by atoms with Crippen LogP contribution in [0.2, 0.25) is 10.0 Å². The number of nitrogens with one attached hydrogen (secondary N) is 1. The Labute approximate surface area is 164 Å². The Bertz CT molecular complexity index is 711. The van der Waals surface area contributed by atoms with Gasteiger partial charge in [-0.05, 0) is 23.8 Å². The molecule has 0 fully saturated rings. The Balaban J connectivity index is 0.000000412. The van der Waals surface area contributed by atoms with E-state index in [0.29, 0.717) is 27.0 Å². The lowest BCUT2D eigenvalue weighted by Crippen LogP contribution is -2.36. The number of halogens is 2. The van der Waals surface area contributed by atoms with E-state index in [9.17, 15) is 4.79 Å². The molecule has 26 heavy (non-hydrogen) atoms. The summed E-state index contributed by atoms with van der Waals surface area (Å²) in [6.45, 7) is 1.11. The van der Waals surface area contributed by atoms with E-state index in [4.69, 9.17) is 33.4 Å². The first-order valence-corrected chi connectivity index (χ1v) is 8.81. The second-order valence-corrected chi connectivity index (χ2v) is 7.50. The molecule has 0 unspecified atom stereocenters. The normalized spacial score (nSPS) is 10.7. The zero-order valence-electron chi connectivity index (χ0n) is 15.2. The van der Waals surface area contributed by atoms with Crippen LogP contribution in [-0.4, -0.2) is 55.0 Å². The lowest BCUT2D eigenvalue weighted by molar-refractivity contribution is -0.870. The SMILES string of the molecule is C[N+](C)(C)CCO.O=C(O)Cc1ccccc1Nc1c(Cl)cccc1Cl. The molecule has 0 aliphatic heterocycles. The molecule has 0 aromatic heterocycles. The van der Waals surface area contributed by atoms with E-state index in [2.05, 4.69) is 26.5 Å². The van der Waals surface area contributed by atoms with Gasteiger partial charge in [0.15, 0.2) is 0 Å². The Hall–Kier alpha value is -1.79. The molecule has 0 radical (unpaired) electrons. The number of aliphatic hydroxyl groups is 1. The number of rotatable bonds is 6. The van der Waals surface area contributed by atoms with E-state index in [-0.39, 0.29) is 13.0 Å². The van der Waals surface area contributed by atoms with Crippen molar-refractivity contribution in [3.8, 4) is 0 Å². The van der Waals surface area contributed by atoms with Crippen LogP contribution in [0.5, 0.6) is 0 Å². The largest absolute Gasteiger partial charge is 0.481 e. The molecular formula is C19H25Cl2N2O3+. The highest BCUT2D eigenvalue weighted by Gasteiger charge is 2.10. The van der Waals surface area contributed by atoms with Crippen molar-refractivity contribution in [2.24, 2.45) is 0 Å². The van der Waals surface area contributed by atoms with Crippen LogP contribution in [0.3, 0.4) is 0 Å². The van der Waals surface area contributed by atoms with Crippen molar-refractivity contribution in [1.82, 2.24) is 0 Å². The number of benzene rings is 2. The minimum atomic E-state index is -0.889. The third-order valence-electron chi connectivity index (χ3n) is 3.35. The summed E-state index contributed by atoms with van der Waals surface area (Å²) in [5.74, 6) is -0.889. The fourth-order valence-corrected chi connectivity index (χ4v) is 2.50. The average molecular weight is 400 g/mol. The summed E-state index contributed by atoms with van der Waals surface area (Å²) in [6, 6.07) is 12.3. The molecule has 0 aliphatic rings. The van der Waals surface area contributed by atoms with E-state index in [0.717, 1.165) is 11.0 Å². The number of hydrogen-bond donors (Lipinski definition) is 3. The van der Waals surface area contributed by atoms with Gasteiger partial charge >= 0.3 is 5.97 Å². The van der Waals surface area contributed by atoms with Crippen LogP contribution < -0.4 is 5.32 Å². The van der Waals surface area contributed by atoms with Gasteiger partial charge in [0.25, 0.3) is 0 Å². The summed E-state index contributed by atoms with van der Waals surface area (Å²) >= 11 is 12.1. The fourth-order valence-electron chi connectivity index (χ4n) is 2.01. The number of nitrogens with zero attached hydrogens (tertiary/aromatic N) is 1.